The molecular formula is C68H44N2. The van der Waals surface area contributed by atoms with Gasteiger partial charge < -0.3 is 9.47 Å². The molecule has 3 aliphatic rings. The van der Waals surface area contributed by atoms with Crippen molar-refractivity contribution in [3.63, 3.8) is 0 Å². The quantitative estimate of drug-likeness (QED) is 0.161. The maximum atomic E-state index is 2.52. The standard InChI is InChI=1S/C68H44N2/c1-2-20-45(21-3-1)67(57-31-11-4-24-50(57)51-25-5-12-32-58(51)67)46-40-42-47(43-41-46)69(48-22-18-23-49(44-48)70-63-37-16-9-28-54(63)55-29-10-17-38-64(55)70)65-39-19-36-62-66(65)56-30-8-15-35-61(56)68(62)59-33-13-6-26-52(59)53-27-7-14-34-60(53)68/h1-44H. The Bertz CT molecular complexity index is 3940. The molecule has 2 heteroatoms. The normalized spacial score (nSPS) is 13.9. The Hall–Kier alpha value is -8.98. The molecule has 0 atom stereocenters. The van der Waals surface area contributed by atoms with Crippen molar-refractivity contribution in [2.24, 2.45) is 0 Å². The van der Waals surface area contributed by atoms with Crippen LogP contribution in [0.1, 0.15) is 44.5 Å². The highest BCUT2D eigenvalue weighted by Gasteiger charge is 2.52. The van der Waals surface area contributed by atoms with Gasteiger partial charge in [0, 0.05) is 33.4 Å². The number of rotatable bonds is 6. The van der Waals surface area contributed by atoms with E-state index in [0.29, 0.717) is 0 Å². The monoisotopic (exact) mass is 888 g/mol. The third kappa shape index (κ3) is 5.07. The van der Waals surface area contributed by atoms with Crippen LogP contribution in [0.25, 0.3) is 60.9 Å². The van der Waals surface area contributed by atoms with Crippen LogP contribution in [0.15, 0.2) is 267 Å². The second-order valence-electron chi connectivity index (χ2n) is 19.1. The van der Waals surface area contributed by atoms with Crippen LogP contribution in [-0.2, 0) is 10.8 Å². The van der Waals surface area contributed by atoms with Gasteiger partial charge in [-0.2, -0.15) is 0 Å². The van der Waals surface area contributed by atoms with Gasteiger partial charge >= 0.3 is 0 Å². The number of hydrogen-bond donors (Lipinski definition) is 0. The number of hydrogen-bond acceptors (Lipinski definition) is 1. The van der Waals surface area contributed by atoms with Gasteiger partial charge in [-0.25, -0.2) is 0 Å². The second kappa shape index (κ2) is 14.8. The summed E-state index contributed by atoms with van der Waals surface area (Å²) in [4.78, 5) is 2.52. The zero-order valence-electron chi connectivity index (χ0n) is 38.3. The molecule has 15 rings (SSSR count). The third-order valence-corrected chi connectivity index (χ3v) is 15.9. The van der Waals surface area contributed by atoms with Crippen molar-refractivity contribution < 1.29 is 0 Å². The van der Waals surface area contributed by atoms with Gasteiger partial charge in [0.05, 0.1) is 27.6 Å². The van der Waals surface area contributed by atoms with E-state index < -0.39 is 10.8 Å². The summed E-state index contributed by atoms with van der Waals surface area (Å²) in [7, 11) is 0. The molecule has 0 fully saturated rings. The van der Waals surface area contributed by atoms with Gasteiger partial charge in [0.2, 0.25) is 0 Å². The molecule has 2 nitrogen and oxygen atoms in total. The molecule has 11 aromatic carbocycles. The Labute approximate surface area is 407 Å². The smallest absolute Gasteiger partial charge is 0.0726 e. The average Bonchev–Trinajstić information content (AvgIpc) is 4.13. The zero-order chi connectivity index (χ0) is 46.0. The van der Waals surface area contributed by atoms with Gasteiger partial charge in [-0.1, -0.05) is 218 Å². The molecule has 0 saturated carbocycles. The summed E-state index contributed by atoms with van der Waals surface area (Å²) in [6.07, 6.45) is 0. The maximum Gasteiger partial charge on any atom is 0.0726 e. The van der Waals surface area contributed by atoms with Gasteiger partial charge in [-0.15, -0.1) is 0 Å². The van der Waals surface area contributed by atoms with E-state index in [2.05, 4.69) is 276 Å². The highest BCUT2D eigenvalue weighted by atomic mass is 15.1. The summed E-state index contributed by atoms with van der Waals surface area (Å²) >= 11 is 0. The van der Waals surface area contributed by atoms with Crippen LogP contribution < -0.4 is 4.90 Å². The van der Waals surface area contributed by atoms with Crippen molar-refractivity contribution in [1.29, 1.82) is 0 Å². The van der Waals surface area contributed by atoms with Crippen LogP contribution in [0, 0.1) is 0 Å². The highest BCUT2D eigenvalue weighted by Crippen LogP contribution is 2.65. The van der Waals surface area contributed by atoms with Crippen molar-refractivity contribution in [2.75, 3.05) is 4.90 Å². The van der Waals surface area contributed by atoms with Crippen molar-refractivity contribution in [3.05, 3.63) is 311 Å². The molecule has 70 heavy (non-hydrogen) atoms. The van der Waals surface area contributed by atoms with Crippen LogP contribution in [0.5, 0.6) is 0 Å². The fraction of sp³-hybridized carbons (Fsp3) is 0.0294. The summed E-state index contributed by atoms with van der Waals surface area (Å²) < 4.78 is 2.43. The first-order chi connectivity index (χ1) is 34.8. The summed E-state index contributed by atoms with van der Waals surface area (Å²) in [6.45, 7) is 0. The molecule has 0 radical (unpaired) electrons. The fourth-order valence-electron chi connectivity index (χ4n) is 13.3. The average molecular weight is 889 g/mol. The summed E-state index contributed by atoms with van der Waals surface area (Å²) in [5.41, 5.74) is 24.0. The molecule has 0 aliphatic heterocycles. The van der Waals surface area contributed by atoms with E-state index in [0.717, 1.165) is 22.7 Å². The molecule has 0 bridgehead atoms. The predicted octanol–water partition coefficient (Wildman–Crippen LogP) is 17.0. The van der Waals surface area contributed by atoms with Crippen molar-refractivity contribution >= 4 is 38.9 Å². The van der Waals surface area contributed by atoms with E-state index >= 15 is 0 Å². The minimum Gasteiger partial charge on any atom is -0.310 e. The molecule has 0 amide bonds. The largest absolute Gasteiger partial charge is 0.310 e. The molecule has 1 aromatic heterocycles. The lowest BCUT2D eigenvalue weighted by Crippen LogP contribution is -2.28. The predicted molar refractivity (Wildman–Crippen MR) is 289 cm³/mol. The molecule has 0 unspecified atom stereocenters. The van der Waals surface area contributed by atoms with Crippen LogP contribution >= 0.6 is 0 Å². The first kappa shape index (κ1) is 39.1. The Morgan fingerprint density at radius 1 is 0.286 bits per heavy atom. The van der Waals surface area contributed by atoms with Crippen molar-refractivity contribution in [2.45, 2.75) is 10.8 Å². The summed E-state index contributed by atoms with van der Waals surface area (Å²) in [6, 6.07) is 99.7. The molecule has 1 heterocycles. The van der Waals surface area contributed by atoms with E-state index in [1.54, 1.807) is 0 Å². The van der Waals surface area contributed by atoms with Gasteiger partial charge in [-0.3, -0.25) is 0 Å². The lowest BCUT2D eigenvalue weighted by atomic mass is 9.68. The Kier molecular flexibility index (Phi) is 8.24. The highest BCUT2D eigenvalue weighted by molar-refractivity contribution is 6.09. The first-order valence-electron chi connectivity index (χ1n) is 24.4. The van der Waals surface area contributed by atoms with Crippen LogP contribution in [0.4, 0.5) is 17.1 Å². The molecule has 0 saturated heterocycles. The lowest BCUT2D eigenvalue weighted by Gasteiger charge is -2.35. The van der Waals surface area contributed by atoms with E-state index in [4.69, 9.17) is 0 Å². The van der Waals surface area contributed by atoms with Crippen molar-refractivity contribution in [1.82, 2.24) is 4.57 Å². The number of fused-ring (bicyclic) bond motifs is 16. The van der Waals surface area contributed by atoms with E-state index in [1.807, 2.05) is 0 Å². The molecule has 12 aromatic rings. The fourth-order valence-corrected chi connectivity index (χ4v) is 13.3. The van der Waals surface area contributed by atoms with E-state index in [-0.39, 0.29) is 0 Å². The van der Waals surface area contributed by atoms with Gasteiger partial charge in [0.15, 0.2) is 0 Å². The van der Waals surface area contributed by atoms with Crippen LogP contribution in [0.3, 0.4) is 0 Å². The maximum absolute atomic E-state index is 2.52. The van der Waals surface area contributed by atoms with E-state index in [9.17, 15) is 0 Å². The lowest BCUT2D eigenvalue weighted by molar-refractivity contribution is 0.768. The SMILES string of the molecule is c1ccc(C2(c3ccc(N(c4cccc(-n5c6ccccc6c6ccccc65)c4)c4cccc5c4-c4ccccc4C54c5ccccc5-c5ccccc54)cc3)c3ccccc3-c3ccccc32)cc1. The van der Waals surface area contributed by atoms with Crippen molar-refractivity contribution in [3.8, 4) is 39.1 Å². The Balaban J connectivity index is 0.995. The molecule has 326 valence electrons. The van der Waals surface area contributed by atoms with Crippen LogP contribution in [0.2, 0.25) is 0 Å². The zero-order valence-corrected chi connectivity index (χ0v) is 38.3. The molecular weight excluding hydrogens is 845 g/mol. The Morgan fingerprint density at radius 3 is 1.29 bits per heavy atom. The third-order valence-electron chi connectivity index (χ3n) is 15.9. The molecule has 1 spiro atoms. The van der Waals surface area contributed by atoms with Gasteiger partial charge in [0.1, 0.15) is 0 Å². The minimum absolute atomic E-state index is 0.471. The van der Waals surface area contributed by atoms with Gasteiger partial charge in [0.25, 0.3) is 0 Å². The molecule has 3 aliphatic carbocycles. The number of nitrogens with zero attached hydrogens (tertiary/aromatic N) is 2. The van der Waals surface area contributed by atoms with Gasteiger partial charge in [-0.05, 0) is 121 Å². The van der Waals surface area contributed by atoms with E-state index in [1.165, 1.54) is 99.7 Å². The molecule has 0 N–H and O–H groups in total. The van der Waals surface area contributed by atoms with Crippen LogP contribution in [-0.4, -0.2) is 4.57 Å². The number of aromatic nitrogens is 1. The first-order valence-corrected chi connectivity index (χ1v) is 24.4. The number of para-hydroxylation sites is 2. The summed E-state index contributed by atoms with van der Waals surface area (Å²) in [5.74, 6) is 0. The number of benzene rings is 11. The Morgan fingerprint density at radius 2 is 0.714 bits per heavy atom. The topological polar surface area (TPSA) is 8.17 Å². The summed E-state index contributed by atoms with van der Waals surface area (Å²) in [5, 5.41) is 2.50. The minimum atomic E-state index is -0.503. The number of anilines is 3. The second-order valence-corrected chi connectivity index (χ2v) is 19.1.